The summed E-state index contributed by atoms with van der Waals surface area (Å²) in [4.78, 5) is 2.59. The summed E-state index contributed by atoms with van der Waals surface area (Å²) in [5, 5.41) is 1.83. The Hall–Kier alpha value is -0.510. The number of hydrogen-bond donors (Lipinski definition) is 1. The Morgan fingerprint density at radius 3 is 2.62 bits per heavy atom. The van der Waals surface area contributed by atoms with E-state index in [1.165, 1.54) is 30.6 Å². The molecule has 0 saturated carbocycles. The normalized spacial score (nSPS) is 28.8. The largest absolute Gasteiger partial charge is 0.326 e. The molecule has 2 atom stereocenters. The van der Waals surface area contributed by atoms with Gasteiger partial charge in [0.15, 0.2) is 0 Å². The van der Waals surface area contributed by atoms with Crippen LogP contribution in [-0.4, -0.2) is 28.5 Å². The summed E-state index contributed by atoms with van der Waals surface area (Å²) in [5.41, 5.74) is 8.32. The summed E-state index contributed by atoms with van der Waals surface area (Å²) in [6.45, 7) is 4.29. The summed E-state index contributed by atoms with van der Waals surface area (Å²) in [7, 11) is 0. The minimum absolute atomic E-state index is 0.648. The van der Waals surface area contributed by atoms with E-state index in [1.54, 1.807) is 0 Å². The third kappa shape index (κ3) is 2.12. The summed E-state index contributed by atoms with van der Waals surface area (Å²) in [6.07, 6.45) is 1.45. The fourth-order valence-corrected chi connectivity index (χ4v) is 4.15. The zero-order chi connectivity index (χ0) is 11.0. The highest BCUT2D eigenvalue weighted by Gasteiger charge is 2.37. The topological polar surface area (TPSA) is 29.3 Å². The number of hydrogen-bond acceptors (Lipinski definition) is 3. The number of piperidine rings is 1. The summed E-state index contributed by atoms with van der Waals surface area (Å²) >= 11 is 2.18. The summed E-state index contributed by atoms with van der Waals surface area (Å²) in [5.74, 6) is 0. The van der Waals surface area contributed by atoms with Crippen molar-refractivity contribution in [2.75, 3.05) is 13.1 Å². The first-order chi connectivity index (χ1) is 7.83. The van der Waals surface area contributed by atoms with E-state index >= 15 is 0 Å². The van der Waals surface area contributed by atoms with Crippen LogP contribution in [0.2, 0.25) is 0 Å². The van der Waals surface area contributed by atoms with Crippen LogP contribution in [0.15, 0.2) is 24.3 Å². The molecule has 0 radical (unpaired) electrons. The first-order valence-electron chi connectivity index (χ1n) is 5.99. The van der Waals surface area contributed by atoms with Gasteiger partial charge < -0.3 is 5.73 Å². The predicted molar refractivity (Wildman–Crippen MR) is 69.4 cm³/mol. The molecule has 0 aliphatic carbocycles. The molecule has 2 N–H and O–H groups in total. The Morgan fingerprint density at radius 1 is 1.25 bits per heavy atom. The number of fused-ring (bicyclic) bond motifs is 2. The van der Waals surface area contributed by atoms with Gasteiger partial charge in [0.05, 0.1) is 0 Å². The lowest BCUT2D eigenvalue weighted by Gasteiger charge is -2.46. The molecule has 2 nitrogen and oxygen atoms in total. The van der Waals surface area contributed by atoms with E-state index in [-0.39, 0.29) is 0 Å². The van der Waals surface area contributed by atoms with Crippen LogP contribution < -0.4 is 5.73 Å². The van der Waals surface area contributed by atoms with Crippen molar-refractivity contribution in [1.82, 2.24) is 4.90 Å². The van der Waals surface area contributed by atoms with Gasteiger partial charge in [0.25, 0.3) is 0 Å². The van der Waals surface area contributed by atoms with Crippen molar-refractivity contribution in [3.63, 3.8) is 0 Å². The van der Waals surface area contributed by atoms with E-state index in [4.69, 9.17) is 5.73 Å². The van der Waals surface area contributed by atoms with Gasteiger partial charge in [-0.25, -0.2) is 0 Å². The molecule has 86 valence electrons. The second-order valence-corrected chi connectivity index (χ2v) is 6.44. The van der Waals surface area contributed by atoms with Crippen LogP contribution in [-0.2, 0) is 13.1 Å². The molecular formula is C13H18N2S. The maximum absolute atomic E-state index is 5.66. The summed E-state index contributed by atoms with van der Waals surface area (Å²) < 4.78 is 0. The number of rotatable bonds is 3. The van der Waals surface area contributed by atoms with E-state index < -0.39 is 0 Å². The van der Waals surface area contributed by atoms with Gasteiger partial charge in [-0.3, -0.25) is 4.90 Å². The Morgan fingerprint density at radius 2 is 1.94 bits per heavy atom. The van der Waals surface area contributed by atoms with Gasteiger partial charge in [0, 0.05) is 36.7 Å². The van der Waals surface area contributed by atoms with Gasteiger partial charge in [0.1, 0.15) is 0 Å². The van der Waals surface area contributed by atoms with Gasteiger partial charge in [-0.05, 0) is 17.5 Å². The van der Waals surface area contributed by atoms with E-state index in [1.807, 2.05) is 0 Å². The standard InChI is InChI=1S/C13H18N2S/c14-6-10-2-1-3-11(4-10)7-15-8-12-5-13(9-15)16-12/h1-4,12-13H,5-9,14H2. The molecule has 2 bridgehead atoms. The van der Waals surface area contributed by atoms with Crippen molar-refractivity contribution in [3.8, 4) is 0 Å². The number of nitrogens with two attached hydrogens (primary N) is 1. The van der Waals surface area contributed by atoms with E-state index in [0.717, 1.165) is 17.0 Å². The van der Waals surface area contributed by atoms with Crippen LogP contribution >= 0.6 is 11.8 Å². The van der Waals surface area contributed by atoms with Crippen LogP contribution in [0.5, 0.6) is 0 Å². The third-order valence-electron chi connectivity index (χ3n) is 3.47. The average molecular weight is 234 g/mol. The minimum atomic E-state index is 0.648. The molecule has 3 fully saturated rings. The van der Waals surface area contributed by atoms with Crippen molar-refractivity contribution in [2.24, 2.45) is 5.73 Å². The van der Waals surface area contributed by atoms with Crippen molar-refractivity contribution in [3.05, 3.63) is 35.4 Å². The van der Waals surface area contributed by atoms with Crippen LogP contribution in [0.4, 0.5) is 0 Å². The SMILES string of the molecule is NCc1cccc(CN2CC3CC(C2)S3)c1. The second-order valence-electron chi connectivity index (χ2n) is 4.83. The van der Waals surface area contributed by atoms with Crippen LogP contribution in [0.3, 0.4) is 0 Å². The quantitative estimate of drug-likeness (QED) is 0.865. The van der Waals surface area contributed by atoms with Crippen LogP contribution in [0, 0.1) is 0 Å². The maximum atomic E-state index is 5.66. The molecule has 3 aliphatic heterocycles. The van der Waals surface area contributed by atoms with Gasteiger partial charge in [0.2, 0.25) is 0 Å². The fraction of sp³-hybridized carbons (Fsp3) is 0.538. The van der Waals surface area contributed by atoms with Crippen LogP contribution in [0.1, 0.15) is 17.5 Å². The smallest absolute Gasteiger partial charge is 0.0234 e. The average Bonchev–Trinajstić information content (AvgIpc) is 2.28. The highest BCUT2D eigenvalue weighted by atomic mass is 32.2. The minimum Gasteiger partial charge on any atom is -0.326 e. The fourth-order valence-electron chi connectivity index (χ4n) is 2.68. The van der Waals surface area contributed by atoms with Gasteiger partial charge in [-0.2, -0.15) is 11.8 Å². The Balaban J connectivity index is 1.64. The van der Waals surface area contributed by atoms with E-state index in [9.17, 15) is 0 Å². The number of benzene rings is 1. The molecule has 3 heterocycles. The maximum Gasteiger partial charge on any atom is 0.0234 e. The molecule has 3 saturated heterocycles. The number of nitrogens with zero attached hydrogens (tertiary/aromatic N) is 1. The molecular weight excluding hydrogens is 216 g/mol. The summed E-state index contributed by atoms with van der Waals surface area (Å²) in [6, 6.07) is 8.68. The van der Waals surface area contributed by atoms with E-state index in [0.29, 0.717) is 6.54 Å². The van der Waals surface area contributed by atoms with Gasteiger partial charge in [-0.1, -0.05) is 24.3 Å². The molecule has 0 amide bonds. The predicted octanol–water partition coefficient (Wildman–Crippen LogP) is 1.83. The third-order valence-corrected chi connectivity index (χ3v) is 4.92. The Kier molecular flexibility index (Phi) is 2.92. The highest BCUT2D eigenvalue weighted by Crippen LogP contribution is 2.41. The van der Waals surface area contributed by atoms with Gasteiger partial charge >= 0.3 is 0 Å². The second kappa shape index (κ2) is 4.40. The molecule has 4 rings (SSSR count). The number of thioether (sulfide) groups is 1. The van der Waals surface area contributed by atoms with Crippen molar-refractivity contribution < 1.29 is 0 Å². The first kappa shape index (κ1) is 10.6. The molecule has 0 aromatic heterocycles. The molecule has 0 spiro atoms. The molecule has 3 heteroatoms. The lowest BCUT2D eigenvalue weighted by molar-refractivity contribution is 0.215. The zero-order valence-corrected chi connectivity index (χ0v) is 10.2. The zero-order valence-electron chi connectivity index (χ0n) is 9.43. The van der Waals surface area contributed by atoms with Crippen molar-refractivity contribution in [2.45, 2.75) is 30.0 Å². The Labute approximate surface area is 101 Å². The first-order valence-corrected chi connectivity index (χ1v) is 6.93. The molecule has 2 unspecified atom stereocenters. The van der Waals surface area contributed by atoms with Crippen LogP contribution in [0.25, 0.3) is 0 Å². The Bertz CT molecular complexity index is 364. The monoisotopic (exact) mass is 234 g/mol. The molecule has 1 aromatic rings. The lowest BCUT2D eigenvalue weighted by Crippen LogP contribution is -2.50. The van der Waals surface area contributed by atoms with Crippen molar-refractivity contribution >= 4 is 11.8 Å². The lowest BCUT2D eigenvalue weighted by atomic mass is 10.1. The molecule has 1 aromatic carbocycles. The van der Waals surface area contributed by atoms with Crippen molar-refractivity contribution in [1.29, 1.82) is 0 Å². The van der Waals surface area contributed by atoms with E-state index in [2.05, 4.69) is 40.9 Å². The highest BCUT2D eigenvalue weighted by molar-refractivity contribution is 8.02. The molecule has 3 aliphatic rings. The van der Waals surface area contributed by atoms with Gasteiger partial charge in [-0.15, -0.1) is 0 Å². The molecule has 16 heavy (non-hydrogen) atoms.